The molecule has 0 aromatic heterocycles. The molecule has 1 aliphatic heterocycles. The molecule has 106 valence electrons. The van der Waals surface area contributed by atoms with Crippen molar-refractivity contribution in [3.8, 4) is 0 Å². The predicted octanol–water partition coefficient (Wildman–Crippen LogP) is 1.96. The first-order valence-electron chi connectivity index (χ1n) is 6.37. The molecule has 0 spiro atoms. The summed E-state index contributed by atoms with van der Waals surface area (Å²) in [5.74, 6) is 0. The lowest BCUT2D eigenvalue weighted by Crippen LogP contribution is -2.42. The van der Waals surface area contributed by atoms with Gasteiger partial charge < -0.3 is 5.32 Å². The van der Waals surface area contributed by atoms with Crippen molar-refractivity contribution in [1.29, 1.82) is 0 Å². The van der Waals surface area contributed by atoms with Crippen LogP contribution in [0.5, 0.6) is 0 Å². The van der Waals surface area contributed by atoms with Crippen LogP contribution in [0.3, 0.4) is 0 Å². The summed E-state index contributed by atoms with van der Waals surface area (Å²) in [6, 6.07) is 6.97. The van der Waals surface area contributed by atoms with Gasteiger partial charge in [-0.2, -0.15) is 0 Å². The Labute approximate surface area is 128 Å². The van der Waals surface area contributed by atoms with E-state index in [-0.39, 0.29) is 5.41 Å². The number of sulfonamides is 1. The van der Waals surface area contributed by atoms with Crippen LogP contribution in [0, 0.1) is 8.99 Å². The molecular weight excluding hydrogens is 375 g/mol. The van der Waals surface area contributed by atoms with E-state index < -0.39 is 10.0 Å². The zero-order chi connectivity index (χ0) is 13.9. The van der Waals surface area contributed by atoms with E-state index in [4.69, 9.17) is 0 Å². The highest BCUT2D eigenvalue weighted by Gasteiger charge is 2.28. The Kier molecular flexibility index (Phi) is 4.86. The Morgan fingerprint density at radius 1 is 1.37 bits per heavy atom. The first kappa shape index (κ1) is 15.2. The van der Waals surface area contributed by atoms with Crippen molar-refractivity contribution in [3.63, 3.8) is 0 Å². The van der Waals surface area contributed by atoms with E-state index in [1.807, 2.05) is 6.07 Å². The van der Waals surface area contributed by atoms with E-state index in [1.54, 1.807) is 18.2 Å². The summed E-state index contributed by atoms with van der Waals surface area (Å²) in [5.41, 5.74) is 0.0558. The average Bonchev–Trinajstić information content (AvgIpc) is 2.38. The second-order valence-corrected chi connectivity index (χ2v) is 8.36. The molecule has 2 N–H and O–H groups in total. The first-order chi connectivity index (χ1) is 8.91. The van der Waals surface area contributed by atoms with E-state index in [2.05, 4.69) is 39.6 Å². The second kappa shape index (κ2) is 6.07. The smallest absolute Gasteiger partial charge is 0.240 e. The molecule has 0 radical (unpaired) electrons. The molecule has 0 unspecified atom stereocenters. The van der Waals surface area contributed by atoms with Gasteiger partial charge in [0, 0.05) is 10.1 Å². The number of piperidine rings is 1. The molecule has 1 aromatic rings. The second-order valence-electron chi connectivity index (χ2n) is 5.34. The summed E-state index contributed by atoms with van der Waals surface area (Å²) in [5, 5.41) is 3.30. The molecule has 6 heteroatoms. The van der Waals surface area contributed by atoms with Crippen LogP contribution in [0.1, 0.15) is 19.8 Å². The molecule has 0 bridgehead atoms. The van der Waals surface area contributed by atoms with Gasteiger partial charge in [-0.1, -0.05) is 13.0 Å². The lowest BCUT2D eigenvalue weighted by atomic mass is 9.81. The quantitative estimate of drug-likeness (QED) is 0.768. The highest BCUT2D eigenvalue weighted by Crippen LogP contribution is 2.27. The van der Waals surface area contributed by atoms with Gasteiger partial charge in [0.25, 0.3) is 0 Å². The molecule has 0 amide bonds. The lowest BCUT2D eigenvalue weighted by molar-refractivity contribution is 0.232. The largest absolute Gasteiger partial charge is 0.317 e. The maximum Gasteiger partial charge on any atom is 0.240 e. The molecule has 0 atom stereocenters. The van der Waals surface area contributed by atoms with Gasteiger partial charge in [-0.15, -0.1) is 0 Å². The van der Waals surface area contributed by atoms with Gasteiger partial charge in [-0.3, -0.25) is 0 Å². The van der Waals surface area contributed by atoms with Crippen molar-refractivity contribution < 1.29 is 8.42 Å². The minimum atomic E-state index is -3.40. The van der Waals surface area contributed by atoms with Crippen LogP contribution in [-0.2, 0) is 10.0 Å². The van der Waals surface area contributed by atoms with Crippen LogP contribution in [-0.4, -0.2) is 28.1 Å². The third-order valence-electron chi connectivity index (χ3n) is 3.61. The summed E-state index contributed by atoms with van der Waals surface area (Å²) in [4.78, 5) is 0.344. The minimum absolute atomic E-state index is 0.0558. The predicted molar refractivity (Wildman–Crippen MR) is 84.6 cm³/mol. The van der Waals surface area contributed by atoms with Gasteiger partial charge in [0.1, 0.15) is 0 Å². The molecule has 1 heterocycles. The third kappa shape index (κ3) is 4.14. The number of benzene rings is 1. The van der Waals surface area contributed by atoms with Crippen molar-refractivity contribution in [2.75, 3.05) is 19.6 Å². The van der Waals surface area contributed by atoms with Crippen molar-refractivity contribution in [1.82, 2.24) is 10.0 Å². The number of hydrogen-bond acceptors (Lipinski definition) is 3. The molecule has 2 rings (SSSR count). The van der Waals surface area contributed by atoms with Crippen LogP contribution in [0.4, 0.5) is 0 Å². The highest BCUT2D eigenvalue weighted by molar-refractivity contribution is 14.1. The molecule has 1 saturated heterocycles. The number of rotatable bonds is 4. The Balaban J connectivity index is 2.05. The van der Waals surface area contributed by atoms with E-state index in [0.29, 0.717) is 11.4 Å². The molecule has 0 aliphatic carbocycles. The number of halogens is 1. The van der Waals surface area contributed by atoms with E-state index in [0.717, 1.165) is 29.5 Å². The summed E-state index contributed by atoms with van der Waals surface area (Å²) in [7, 11) is -3.40. The first-order valence-corrected chi connectivity index (χ1v) is 8.94. The zero-order valence-electron chi connectivity index (χ0n) is 10.9. The average molecular weight is 394 g/mol. The topological polar surface area (TPSA) is 58.2 Å². The Hall–Kier alpha value is -0.180. The maximum atomic E-state index is 12.2. The summed E-state index contributed by atoms with van der Waals surface area (Å²) in [6.07, 6.45) is 2.00. The van der Waals surface area contributed by atoms with Crippen molar-refractivity contribution in [2.24, 2.45) is 5.41 Å². The summed E-state index contributed by atoms with van der Waals surface area (Å²) < 4.78 is 28.2. The maximum absolute atomic E-state index is 12.2. The molecular formula is C13H19IN2O2S. The van der Waals surface area contributed by atoms with Crippen molar-refractivity contribution in [3.05, 3.63) is 27.8 Å². The van der Waals surface area contributed by atoms with Crippen LogP contribution in [0.25, 0.3) is 0 Å². The van der Waals surface area contributed by atoms with Crippen molar-refractivity contribution in [2.45, 2.75) is 24.7 Å². The Morgan fingerprint density at radius 2 is 2.05 bits per heavy atom. The standard InChI is InChI=1S/C13H19IN2O2S/c1-13(5-7-15-8-6-13)10-16-19(17,18)12-4-2-3-11(14)9-12/h2-4,9,15-16H,5-8,10H2,1H3. The Morgan fingerprint density at radius 3 is 2.68 bits per heavy atom. The zero-order valence-corrected chi connectivity index (χ0v) is 13.9. The van der Waals surface area contributed by atoms with E-state index in [9.17, 15) is 8.42 Å². The van der Waals surface area contributed by atoms with Gasteiger partial charge in [-0.25, -0.2) is 13.1 Å². The van der Waals surface area contributed by atoms with E-state index in [1.165, 1.54) is 0 Å². The van der Waals surface area contributed by atoms with Crippen LogP contribution in [0.2, 0.25) is 0 Å². The Bertz CT molecular complexity index is 539. The van der Waals surface area contributed by atoms with Crippen LogP contribution in [0.15, 0.2) is 29.2 Å². The normalized spacial score (nSPS) is 19.3. The minimum Gasteiger partial charge on any atom is -0.317 e. The molecule has 0 saturated carbocycles. The fraction of sp³-hybridized carbons (Fsp3) is 0.538. The van der Waals surface area contributed by atoms with Gasteiger partial charge in [0.2, 0.25) is 10.0 Å². The number of nitrogens with one attached hydrogen (secondary N) is 2. The summed E-state index contributed by atoms with van der Waals surface area (Å²) >= 11 is 2.12. The van der Waals surface area contributed by atoms with Gasteiger partial charge in [-0.05, 0) is 72.1 Å². The van der Waals surface area contributed by atoms with Crippen LogP contribution >= 0.6 is 22.6 Å². The SMILES string of the molecule is CC1(CNS(=O)(=O)c2cccc(I)c2)CCNCC1. The fourth-order valence-electron chi connectivity index (χ4n) is 2.19. The van der Waals surface area contributed by atoms with Gasteiger partial charge in [0.05, 0.1) is 4.90 Å². The van der Waals surface area contributed by atoms with Crippen molar-refractivity contribution >= 4 is 32.6 Å². The fourth-order valence-corrected chi connectivity index (χ4v) is 4.19. The molecule has 1 fully saturated rings. The van der Waals surface area contributed by atoms with Gasteiger partial charge in [0.15, 0.2) is 0 Å². The monoisotopic (exact) mass is 394 g/mol. The molecule has 1 aromatic carbocycles. The molecule has 1 aliphatic rings. The van der Waals surface area contributed by atoms with Gasteiger partial charge >= 0.3 is 0 Å². The highest BCUT2D eigenvalue weighted by atomic mass is 127. The lowest BCUT2D eigenvalue weighted by Gasteiger charge is -2.34. The third-order valence-corrected chi connectivity index (χ3v) is 5.68. The summed E-state index contributed by atoms with van der Waals surface area (Å²) in [6.45, 7) is 4.57. The number of hydrogen-bond donors (Lipinski definition) is 2. The van der Waals surface area contributed by atoms with Crippen LogP contribution < -0.4 is 10.0 Å². The van der Waals surface area contributed by atoms with E-state index >= 15 is 0 Å². The molecule has 19 heavy (non-hydrogen) atoms. The molecule has 4 nitrogen and oxygen atoms in total.